The Kier molecular flexibility index (Phi) is 5.32. The van der Waals surface area contributed by atoms with E-state index in [1.165, 1.54) is 17.2 Å². The van der Waals surface area contributed by atoms with Gasteiger partial charge in [0.05, 0.1) is 17.5 Å². The van der Waals surface area contributed by atoms with E-state index < -0.39 is 34.4 Å². The Hall–Kier alpha value is -2.74. The van der Waals surface area contributed by atoms with Crippen molar-refractivity contribution in [3.8, 4) is 0 Å². The number of ether oxygens (including phenoxy) is 1. The molecule has 1 aliphatic heterocycles. The Morgan fingerprint density at radius 1 is 1.12 bits per heavy atom. The minimum Gasteiger partial charge on any atom is -0.451 e. The number of aromatic nitrogens is 1. The standard InChI is InChI=1S/C18H18N2O5S/c21-17(12-25-18(22)16-8-4-5-10-19-16)20(14-6-2-1-3-7-14)15-9-11-26(23,24)13-15/h1-8,10,15H,9,11-13H2/t15-/m1/s1. The van der Waals surface area contributed by atoms with E-state index in [9.17, 15) is 18.0 Å². The lowest BCUT2D eigenvalue weighted by Gasteiger charge is -2.28. The summed E-state index contributed by atoms with van der Waals surface area (Å²) < 4.78 is 28.7. The first-order valence-corrected chi connectivity index (χ1v) is 9.94. The predicted molar refractivity (Wildman–Crippen MR) is 95.5 cm³/mol. The van der Waals surface area contributed by atoms with Gasteiger partial charge in [-0.15, -0.1) is 0 Å². The molecule has 0 saturated carbocycles. The lowest BCUT2D eigenvalue weighted by atomic mass is 10.2. The van der Waals surface area contributed by atoms with Crippen LogP contribution in [0.5, 0.6) is 0 Å². The summed E-state index contributed by atoms with van der Waals surface area (Å²) in [6.07, 6.45) is 1.81. The quantitative estimate of drug-likeness (QED) is 0.736. The second-order valence-electron chi connectivity index (χ2n) is 5.95. The second kappa shape index (κ2) is 7.65. The molecule has 1 atom stereocenters. The molecule has 1 fully saturated rings. The average Bonchev–Trinajstić information content (AvgIpc) is 3.01. The number of hydrogen-bond acceptors (Lipinski definition) is 6. The lowest BCUT2D eigenvalue weighted by Crippen LogP contribution is -2.43. The second-order valence-corrected chi connectivity index (χ2v) is 8.18. The summed E-state index contributed by atoms with van der Waals surface area (Å²) in [5.74, 6) is -1.22. The van der Waals surface area contributed by atoms with E-state index in [-0.39, 0.29) is 17.2 Å². The van der Waals surface area contributed by atoms with Gasteiger partial charge in [-0.05, 0) is 30.7 Å². The number of nitrogens with zero attached hydrogens (tertiary/aromatic N) is 2. The van der Waals surface area contributed by atoms with E-state index in [1.807, 2.05) is 0 Å². The highest BCUT2D eigenvalue weighted by Crippen LogP contribution is 2.24. The van der Waals surface area contributed by atoms with E-state index in [4.69, 9.17) is 4.74 Å². The molecule has 3 rings (SSSR count). The first-order valence-electron chi connectivity index (χ1n) is 8.12. The van der Waals surface area contributed by atoms with Crippen molar-refractivity contribution in [3.63, 3.8) is 0 Å². The van der Waals surface area contributed by atoms with Crippen molar-refractivity contribution < 1.29 is 22.7 Å². The SMILES string of the molecule is O=C(OCC(=O)N(c1ccccc1)[C@@H]1CCS(=O)(=O)C1)c1ccccn1. The summed E-state index contributed by atoms with van der Waals surface area (Å²) >= 11 is 0. The molecule has 2 heterocycles. The average molecular weight is 374 g/mol. The number of hydrogen-bond donors (Lipinski definition) is 0. The van der Waals surface area contributed by atoms with Gasteiger partial charge in [-0.25, -0.2) is 18.2 Å². The van der Waals surface area contributed by atoms with E-state index >= 15 is 0 Å². The monoisotopic (exact) mass is 374 g/mol. The highest BCUT2D eigenvalue weighted by atomic mass is 32.2. The van der Waals surface area contributed by atoms with Crippen LogP contribution in [0.1, 0.15) is 16.9 Å². The van der Waals surface area contributed by atoms with Gasteiger partial charge in [0, 0.05) is 11.9 Å². The molecule has 1 aromatic carbocycles. The van der Waals surface area contributed by atoms with Gasteiger partial charge >= 0.3 is 5.97 Å². The minimum atomic E-state index is -3.17. The van der Waals surface area contributed by atoms with Gasteiger partial charge in [0.2, 0.25) is 0 Å². The van der Waals surface area contributed by atoms with Crippen LogP contribution in [-0.2, 0) is 19.4 Å². The molecule has 8 heteroatoms. The molecule has 0 spiro atoms. The fourth-order valence-corrected chi connectivity index (χ4v) is 4.58. The normalized spacial score (nSPS) is 18.2. The number of benzene rings is 1. The molecule has 136 valence electrons. The number of para-hydroxylation sites is 1. The summed E-state index contributed by atoms with van der Waals surface area (Å²) in [6.45, 7) is -0.485. The highest BCUT2D eigenvalue weighted by molar-refractivity contribution is 7.91. The number of carbonyl (C=O) groups is 2. The molecular weight excluding hydrogens is 356 g/mol. The van der Waals surface area contributed by atoms with Crippen molar-refractivity contribution in [2.45, 2.75) is 12.5 Å². The fraction of sp³-hybridized carbons (Fsp3) is 0.278. The van der Waals surface area contributed by atoms with Gasteiger partial charge < -0.3 is 9.64 Å². The Morgan fingerprint density at radius 3 is 2.46 bits per heavy atom. The predicted octanol–water partition coefficient (Wildman–Crippen LogP) is 1.46. The maximum atomic E-state index is 12.7. The van der Waals surface area contributed by atoms with Gasteiger partial charge in [0.25, 0.3) is 5.91 Å². The van der Waals surface area contributed by atoms with Crippen LogP contribution in [0.2, 0.25) is 0 Å². The van der Waals surface area contributed by atoms with Crippen LogP contribution in [0, 0.1) is 0 Å². The molecule has 1 aromatic heterocycles. The molecule has 26 heavy (non-hydrogen) atoms. The van der Waals surface area contributed by atoms with Crippen molar-refractivity contribution in [3.05, 3.63) is 60.4 Å². The van der Waals surface area contributed by atoms with Gasteiger partial charge in [-0.3, -0.25) is 4.79 Å². The fourth-order valence-electron chi connectivity index (χ4n) is 2.88. The first kappa shape index (κ1) is 18.1. The third-order valence-electron chi connectivity index (χ3n) is 4.08. The third kappa shape index (κ3) is 4.26. The molecule has 1 saturated heterocycles. The van der Waals surface area contributed by atoms with Crippen LogP contribution in [-0.4, -0.2) is 49.4 Å². The van der Waals surface area contributed by atoms with Gasteiger partial charge in [-0.2, -0.15) is 0 Å². The molecule has 0 N–H and O–H groups in total. The smallest absolute Gasteiger partial charge is 0.357 e. The Balaban J connectivity index is 1.74. The Labute approximate surface area is 151 Å². The van der Waals surface area contributed by atoms with E-state index in [0.717, 1.165) is 0 Å². The van der Waals surface area contributed by atoms with Gasteiger partial charge in [-0.1, -0.05) is 24.3 Å². The lowest BCUT2D eigenvalue weighted by molar-refractivity contribution is -0.122. The van der Waals surface area contributed by atoms with Crippen molar-refractivity contribution in [2.75, 3.05) is 23.0 Å². The number of carbonyl (C=O) groups excluding carboxylic acids is 2. The zero-order chi connectivity index (χ0) is 18.6. The number of pyridine rings is 1. The summed E-state index contributed by atoms with van der Waals surface area (Å²) in [5, 5.41) is 0. The third-order valence-corrected chi connectivity index (χ3v) is 5.83. The number of anilines is 1. The molecule has 0 bridgehead atoms. The maximum Gasteiger partial charge on any atom is 0.357 e. The van der Waals surface area contributed by atoms with Crippen molar-refractivity contribution in [2.24, 2.45) is 0 Å². The molecule has 7 nitrogen and oxygen atoms in total. The molecule has 0 radical (unpaired) electrons. The van der Waals surface area contributed by atoms with Crippen LogP contribution >= 0.6 is 0 Å². The van der Waals surface area contributed by atoms with Gasteiger partial charge in [0.1, 0.15) is 5.69 Å². The highest BCUT2D eigenvalue weighted by Gasteiger charge is 2.35. The Morgan fingerprint density at radius 2 is 1.85 bits per heavy atom. The molecule has 2 aromatic rings. The largest absolute Gasteiger partial charge is 0.451 e. The van der Waals surface area contributed by atoms with Crippen molar-refractivity contribution >= 4 is 27.4 Å². The van der Waals surface area contributed by atoms with Crippen LogP contribution in [0.3, 0.4) is 0 Å². The molecular formula is C18H18N2O5S. The molecule has 0 unspecified atom stereocenters. The topological polar surface area (TPSA) is 93.6 Å². The zero-order valence-corrected chi connectivity index (χ0v) is 14.8. The number of rotatable bonds is 5. The van der Waals surface area contributed by atoms with Crippen LogP contribution in [0.4, 0.5) is 5.69 Å². The van der Waals surface area contributed by atoms with Crippen LogP contribution in [0.15, 0.2) is 54.7 Å². The zero-order valence-electron chi connectivity index (χ0n) is 13.9. The van der Waals surface area contributed by atoms with Crippen molar-refractivity contribution in [1.82, 2.24) is 4.98 Å². The van der Waals surface area contributed by atoms with Crippen molar-refractivity contribution in [1.29, 1.82) is 0 Å². The van der Waals surface area contributed by atoms with Crippen LogP contribution < -0.4 is 4.90 Å². The molecule has 1 amide bonds. The minimum absolute atomic E-state index is 0.0437. The maximum absolute atomic E-state index is 12.7. The molecule has 0 aliphatic carbocycles. The van der Waals surface area contributed by atoms with E-state index in [0.29, 0.717) is 12.1 Å². The number of sulfone groups is 1. The van der Waals surface area contributed by atoms with Gasteiger partial charge in [0.15, 0.2) is 16.4 Å². The summed E-state index contributed by atoms with van der Waals surface area (Å²) in [6, 6.07) is 13.1. The Bertz CT molecular complexity index is 884. The molecule has 1 aliphatic rings. The summed E-state index contributed by atoms with van der Waals surface area (Å²) in [7, 11) is -3.17. The first-order chi connectivity index (χ1) is 12.5. The number of amides is 1. The van der Waals surface area contributed by atoms with Crippen LogP contribution in [0.25, 0.3) is 0 Å². The van der Waals surface area contributed by atoms with E-state index in [1.54, 1.807) is 42.5 Å². The number of esters is 1. The summed E-state index contributed by atoms with van der Waals surface area (Å²) in [5.41, 5.74) is 0.684. The van der Waals surface area contributed by atoms with E-state index in [2.05, 4.69) is 4.98 Å². The summed E-state index contributed by atoms with van der Waals surface area (Å²) in [4.78, 5) is 30.0.